The van der Waals surface area contributed by atoms with E-state index in [9.17, 15) is 24.4 Å². The van der Waals surface area contributed by atoms with E-state index in [1.54, 1.807) is 4.90 Å². The molecule has 3 N–H and O–H groups in total. The van der Waals surface area contributed by atoms with Gasteiger partial charge in [0.1, 0.15) is 6.04 Å². The monoisotopic (exact) mass is 422 g/mol. The smallest absolute Gasteiger partial charge is 0.321 e. The van der Waals surface area contributed by atoms with E-state index in [1.807, 2.05) is 6.92 Å². The first-order valence-electron chi connectivity index (χ1n) is 11.2. The fraction of sp³-hybridized carbons (Fsp3) is 0.810. The van der Waals surface area contributed by atoms with Crippen molar-refractivity contribution in [3.8, 4) is 0 Å². The lowest BCUT2D eigenvalue weighted by atomic mass is 9.91. The molecule has 1 aliphatic heterocycles. The number of imide groups is 1. The average molecular weight is 423 g/mol. The van der Waals surface area contributed by atoms with Gasteiger partial charge in [-0.05, 0) is 37.5 Å². The number of unbranched alkanes of at least 4 members (excludes halogenated alkanes) is 1. The van der Waals surface area contributed by atoms with E-state index in [2.05, 4.69) is 10.6 Å². The molecule has 0 aromatic heterocycles. The molecule has 2 saturated carbocycles. The highest BCUT2D eigenvalue weighted by Gasteiger charge is 2.65. The quantitative estimate of drug-likeness (QED) is 0.226. The second-order valence-electron chi connectivity index (χ2n) is 8.97. The van der Waals surface area contributed by atoms with Gasteiger partial charge in [-0.3, -0.25) is 24.9 Å². The van der Waals surface area contributed by atoms with Crippen LogP contribution in [0.2, 0.25) is 0 Å². The number of urea groups is 1. The van der Waals surface area contributed by atoms with E-state index in [4.69, 9.17) is 0 Å². The van der Waals surface area contributed by atoms with E-state index in [0.29, 0.717) is 49.7 Å². The Labute approximate surface area is 177 Å². The van der Waals surface area contributed by atoms with Crippen molar-refractivity contribution in [1.29, 1.82) is 0 Å². The summed E-state index contributed by atoms with van der Waals surface area (Å²) in [5, 5.41) is 15.4. The van der Waals surface area contributed by atoms with Gasteiger partial charge in [0.05, 0.1) is 12.0 Å². The number of amides is 5. The molecule has 0 bridgehead atoms. The molecule has 5 amide bonds. The molecule has 3 aliphatic rings. The Morgan fingerprint density at radius 3 is 2.60 bits per heavy atom. The van der Waals surface area contributed by atoms with Crippen LogP contribution in [0.25, 0.3) is 0 Å². The Morgan fingerprint density at radius 2 is 1.93 bits per heavy atom. The lowest BCUT2D eigenvalue weighted by Gasteiger charge is -2.30. The number of hydroxylamine groups is 2. The molecule has 3 fully saturated rings. The highest BCUT2D eigenvalue weighted by molar-refractivity contribution is 5.99. The molecule has 0 radical (unpaired) electrons. The van der Waals surface area contributed by atoms with Crippen molar-refractivity contribution >= 4 is 24.3 Å². The van der Waals surface area contributed by atoms with Crippen LogP contribution >= 0.6 is 0 Å². The number of likely N-dealkylation sites (tertiary alicyclic amines) is 1. The first-order chi connectivity index (χ1) is 14.4. The summed E-state index contributed by atoms with van der Waals surface area (Å²) in [7, 11) is 0. The average Bonchev–Trinajstić information content (AvgIpc) is 3.12. The first-order valence-corrected chi connectivity index (χ1v) is 11.2. The van der Waals surface area contributed by atoms with Gasteiger partial charge >= 0.3 is 6.03 Å². The van der Waals surface area contributed by atoms with Crippen molar-refractivity contribution in [2.75, 3.05) is 19.6 Å². The van der Waals surface area contributed by atoms with E-state index in [-0.39, 0.29) is 18.4 Å². The number of carbonyl (C=O) groups excluding carboxylic acids is 4. The first kappa shape index (κ1) is 22.5. The van der Waals surface area contributed by atoms with Gasteiger partial charge in [-0.25, -0.2) is 9.86 Å². The van der Waals surface area contributed by atoms with Crippen LogP contribution in [0.3, 0.4) is 0 Å². The molecular weight excluding hydrogens is 388 g/mol. The summed E-state index contributed by atoms with van der Waals surface area (Å²) in [6.45, 7) is 2.91. The molecule has 3 atom stereocenters. The molecule has 9 heteroatoms. The predicted molar refractivity (Wildman–Crippen MR) is 108 cm³/mol. The van der Waals surface area contributed by atoms with Gasteiger partial charge in [-0.1, -0.05) is 39.0 Å². The van der Waals surface area contributed by atoms with Gasteiger partial charge in [0, 0.05) is 13.1 Å². The number of hydrogen-bond donors (Lipinski definition) is 3. The van der Waals surface area contributed by atoms with Gasteiger partial charge < -0.3 is 10.2 Å². The summed E-state index contributed by atoms with van der Waals surface area (Å²) < 4.78 is 0. The van der Waals surface area contributed by atoms with Gasteiger partial charge in [-0.15, -0.1) is 0 Å². The lowest BCUT2D eigenvalue weighted by molar-refractivity contribution is -0.160. The maximum absolute atomic E-state index is 13.6. The highest BCUT2D eigenvalue weighted by Crippen LogP contribution is 2.61. The standard InChI is InChI=1S/C21H34N4O5/c1-2-3-10-22-20(29)23-18(27)17-9-6-11-25(17)19(28)21(13-24(30)14-26)12-16(21)15-7-4-5-8-15/h14-17,30H,2-13H2,1H3,(H2,22,23,27,29)/t16?,17-,21?/m0/s1. The number of hydrogen-bond acceptors (Lipinski definition) is 5. The van der Waals surface area contributed by atoms with Gasteiger partial charge in [0.2, 0.25) is 12.3 Å². The second-order valence-corrected chi connectivity index (χ2v) is 8.97. The van der Waals surface area contributed by atoms with E-state index in [1.165, 1.54) is 0 Å². The minimum absolute atomic E-state index is 0.0428. The zero-order valence-electron chi connectivity index (χ0n) is 17.8. The Balaban J connectivity index is 1.67. The number of nitrogens with zero attached hydrogens (tertiary/aromatic N) is 2. The normalized spacial score (nSPS) is 28.3. The Hall–Kier alpha value is -2.16. The van der Waals surface area contributed by atoms with Crippen LogP contribution in [0.15, 0.2) is 0 Å². The van der Waals surface area contributed by atoms with Crippen LogP contribution in [0.1, 0.15) is 64.7 Å². The van der Waals surface area contributed by atoms with Crippen LogP contribution in [0, 0.1) is 17.3 Å². The summed E-state index contributed by atoms with van der Waals surface area (Å²) in [5.74, 6) is -0.0966. The molecule has 0 aromatic carbocycles. The summed E-state index contributed by atoms with van der Waals surface area (Å²) >= 11 is 0. The van der Waals surface area contributed by atoms with Crippen LogP contribution in [0.4, 0.5) is 4.79 Å². The fourth-order valence-electron chi connectivity index (χ4n) is 5.32. The van der Waals surface area contributed by atoms with Crippen molar-refractivity contribution in [2.45, 2.75) is 70.8 Å². The maximum atomic E-state index is 13.6. The van der Waals surface area contributed by atoms with Crippen molar-refractivity contribution < 1.29 is 24.4 Å². The largest absolute Gasteiger partial charge is 0.338 e. The topological polar surface area (TPSA) is 119 Å². The van der Waals surface area contributed by atoms with Crippen molar-refractivity contribution in [2.24, 2.45) is 17.3 Å². The van der Waals surface area contributed by atoms with Crippen molar-refractivity contribution in [3.05, 3.63) is 0 Å². The zero-order chi connectivity index (χ0) is 21.7. The van der Waals surface area contributed by atoms with Gasteiger partial charge in [0.15, 0.2) is 0 Å². The summed E-state index contributed by atoms with van der Waals surface area (Å²) in [5.41, 5.74) is -0.822. The van der Waals surface area contributed by atoms with Crippen LogP contribution in [-0.2, 0) is 14.4 Å². The predicted octanol–water partition coefficient (Wildman–Crippen LogP) is 1.65. The summed E-state index contributed by atoms with van der Waals surface area (Å²) in [6.07, 6.45) is 8.32. The summed E-state index contributed by atoms with van der Waals surface area (Å²) in [4.78, 5) is 50.8. The molecule has 9 nitrogen and oxygen atoms in total. The third-order valence-electron chi connectivity index (χ3n) is 6.96. The number of carbonyl (C=O) groups is 4. The molecule has 2 unspecified atom stereocenters. The second kappa shape index (κ2) is 9.76. The third-order valence-corrected chi connectivity index (χ3v) is 6.96. The highest BCUT2D eigenvalue weighted by atomic mass is 16.5. The van der Waals surface area contributed by atoms with Crippen molar-refractivity contribution in [1.82, 2.24) is 20.6 Å². The Morgan fingerprint density at radius 1 is 1.20 bits per heavy atom. The number of rotatable bonds is 9. The van der Waals surface area contributed by atoms with Crippen LogP contribution in [-0.4, -0.2) is 65.1 Å². The molecule has 3 rings (SSSR count). The van der Waals surface area contributed by atoms with E-state index >= 15 is 0 Å². The molecule has 1 saturated heterocycles. The Kier molecular flexibility index (Phi) is 7.33. The maximum Gasteiger partial charge on any atom is 0.321 e. The summed E-state index contributed by atoms with van der Waals surface area (Å²) in [6, 6.07) is -1.24. The molecule has 0 spiro atoms. The minimum atomic E-state index is -0.822. The molecule has 2 aliphatic carbocycles. The zero-order valence-corrected chi connectivity index (χ0v) is 17.8. The van der Waals surface area contributed by atoms with Crippen LogP contribution < -0.4 is 10.6 Å². The van der Waals surface area contributed by atoms with E-state index in [0.717, 1.165) is 38.5 Å². The van der Waals surface area contributed by atoms with Gasteiger partial charge in [-0.2, -0.15) is 0 Å². The third kappa shape index (κ3) is 4.77. The lowest BCUT2D eigenvalue weighted by Crippen LogP contribution is -2.53. The van der Waals surface area contributed by atoms with E-state index < -0.39 is 23.4 Å². The van der Waals surface area contributed by atoms with Gasteiger partial charge in [0.25, 0.3) is 5.91 Å². The molecule has 168 valence electrons. The molecule has 0 aromatic rings. The fourth-order valence-corrected chi connectivity index (χ4v) is 5.32. The minimum Gasteiger partial charge on any atom is -0.338 e. The van der Waals surface area contributed by atoms with Crippen LogP contribution in [0.5, 0.6) is 0 Å². The van der Waals surface area contributed by atoms with Crippen molar-refractivity contribution in [3.63, 3.8) is 0 Å². The number of nitrogens with one attached hydrogen (secondary N) is 2. The molecule has 30 heavy (non-hydrogen) atoms. The Bertz CT molecular complexity index is 666. The molecule has 1 heterocycles. The molecular formula is C21H34N4O5. The SMILES string of the molecule is CCCCNC(=O)NC(=O)[C@@H]1CCCN1C(=O)C1(CN(O)C=O)CC1C1CCCC1.